The van der Waals surface area contributed by atoms with E-state index in [9.17, 15) is 22.4 Å². The first-order valence-corrected chi connectivity index (χ1v) is 16.0. The van der Waals surface area contributed by atoms with Crippen LogP contribution < -0.4 is 10.6 Å². The van der Waals surface area contributed by atoms with Gasteiger partial charge in [0.15, 0.2) is 9.84 Å². The summed E-state index contributed by atoms with van der Waals surface area (Å²) in [6.45, 7) is 3.28. The molecule has 1 aliphatic rings. The van der Waals surface area contributed by atoms with Gasteiger partial charge in [0, 0.05) is 24.9 Å². The summed E-state index contributed by atoms with van der Waals surface area (Å²) in [5, 5.41) is 6.08. The topological polar surface area (TPSA) is 95.6 Å². The van der Waals surface area contributed by atoms with Crippen molar-refractivity contribution in [1.29, 1.82) is 0 Å². The van der Waals surface area contributed by atoms with Crippen molar-refractivity contribution >= 4 is 21.7 Å². The first-order valence-electron chi connectivity index (χ1n) is 14.1. The average molecular weight is 580 g/mol. The summed E-state index contributed by atoms with van der Waals surface area (Å²) >= 11 is 0. The number of hydrogen-bond acceptors (Lipinski definition) is 5. The number of hydrogen-bond donors (Lipinski definition) is 2. The van der Waals surface area contributed by atoms with Crippen LogP contribution in [0.15, 0.2) is 83.8 Å². The van der Waals surface area contributed by atoms with Crippen molar-refractivity contribution in [3.05, 3.63) is 101 Å². The molecule has 0 saturated carbocycles. The maximum absolute atomic E-state index is 14.0. The third kappa shape index (κ3) is 9.50. The van der Waals surface area contributed by atoms with Crippen molar-refractivity contribution < 1.29 is 22.4 Å². The van der Waals surface area contributed by atoms with Gasteiger partial charge in [0.05, 0.1) is 17.4 Å². The molecule has 1 aliphatic heterocycles. The van der Waals surface area contributed by atoms with Gasteiger partial charge >= 0.3 is 0 Å². The highest BCUT2D eigenvalue weighted by molar-refractivity contribution is 7.90. The molecular weight excluding hydrogens is 541 g/mol. The van der Waals surface area contributed by atoms with Gasteiger partial charge in [0.1, 0.15) is 5.82 Å². The van der Waals surface area contributed by atoms with E-state index in [-0.39, 0.29) is 35.0 Å². The number of amides is 2. The molecule has 7 nitrogen and oxygen atoms in total. The Morgan fingerprint density at radius 2 is 1.68 bits per heavy atom. The third-order valence-electron chi connectivity index (χ3n) is 7.62. The summed E-state index contributed by atoms with van der Waals surface area (Å²) in [7, 11) is -3.25. The van der Waals surface area contributed by atoms with E-state index in [4.69, 9.17) is 0 Å². The molecule has 1 atom stereocenters. The van der Waals surface area contributed by atoms with Gasteiger partial charge in [-0.05, 0) is 92.2 Å². The number of benzene rings is 3. The molecule has 1 fully saturated rings. The zero-order valence-electron chi connectivity index (χ0n) is 23.4. The summed E-state index contributed by atoms with van der Waals surface area (Å²) in [6.07, 6.45) is 5.03. The summed E-state index contributed by atoms with van der Waals surface area (Å²) in [4.78, 5) is 27.8. The quantitative estimate of drug-likeness (QED) is 0.328. The number of halogens is 1. The SMILES string of the molecule is CS(=O)(=O)c1ccc(CC(=O)NCCC2CCN(CCC(NC(=O)c3ccccc3)c3cccc(F)c3)CC2)cc1. The van der Waals surface area contributed by atoms with E-state index in [1.807, 2.05) is 24.3 Å². The van der Waals surface area contributed by atoms with Crippen LogP contribution in [0, 0.1) is 11.7 Å². The highest BCUT2D eigenvalue weighted by Crippen LogP contribution is 2.23. The number of nitrogens with one attached hydrogen (secondary N) is 2. The molecule has 0 aliphatic carbocycles. The molecule has 0 bridgehead atoms. The van der Waals surface area contributed by atoms with Crippen LogP contribution in [0.2, 0.25) is 0 Å². The average Bonchev–Trinajstić information content (AvgIpc) is 2.96. The highest BCUT2D eigenvalue weighted by Gasteiger charge is 2.22. The minimum atomic E-state index is -3.25. The first-order chi connectivity index (χ1) is 19.7. The van der Waals surface area contributed by atoms with Crippen LogP contribution in [-0.2, 0) is 21.1 Å². The molecular formula is C32H38FN3O4S. The van der Waals surface area contributed by atoms with Gasteiger partial charge in [0.25, 0.3) is 5.91 Å². The molecule has 41 heavy (non-hydrogen) atoms. The predicted octanol–water partition coefficient (Wildman–Crippen LogP) is 4.55. The number of rotatable bonds is 12. The van der Waals surface area contributed by atoms with E-state index in [2.05, 4.69) is 15.5 Å². The fraction of sp³-hybridized carbons (Fsp3) is 0.375. The summed E-state index contributed by atoms with van der Waals surface area (Å²) in [6, 6.07) is 21.6. The largest absolute Gasteiger partial charge is 0.356 e. The maximum Gasteiger partial charge on any atom is 0.251 e. The second-order valence-corrected chi connectivity index (χ2v) is 12.8. The minimum Gasteiger partial charge on any atom is -0.356 e. The van der Waals surface area contributed by atoms with Crippen LogP contribution in [0.4, 0.5) is 4.39 Å². The Morgan fingerprint density at radius 3 is 2.34 bits per heavy atom. The van der Waals surface area contributed by atoms with E-state index >= 15 is 0 Å². The Labute approximate surface area is 242 Å². The summed E-state index contributed by atoms with van der Waals surface area (Å²) in [5.41, 5.74) is 2.11. The molecule has 9 heteroatoms. The number of carbonyl (C=O) groups excluding carboxylic acids is 2. The van der Waals surface area contributed by atoms with Crippen LogP contribution in [0.25, 0.3) is 0 Å². The lowest BCUT2D eigenvalue weighted by Gasteiger charge is -2.33. The third-order valence-corrected chi connectivity index (χ3v) is 8.75. The second-order valence-electron chi connectivity index (χ2n) is 10.8. The van der Waals surface area contributed by atoms with E-state index in [1.165, 1.54) is 24.3 Å². The van der Waals surface area contributed by atoms with E-state index < -0.39 is 9.84 Å². The zero-order chi connectivity index (χ0) is 29.2. The molecule has 2 amide bonds. The zero-order valence-corrected chi connectivity index (χ0v) is 24.2. The van der Waals surface area contributed by atoms with Crippen molar-refractivity contribution in [3.63, 3.8) is 0 Å². The maximum atomic E-state index is 14.0. The fourth-order valence-corrected chi connectivity index (χ4v) is 5.84. The molecule has 0 aromatic heterocycles. The molecule has 4 rings (SSSR count). The summed E-state index contributed by atoms with van der Waals surface area (Å²) in [5.74, 6) is -0.0429. The van der Waals surface area contributed by atoms with Gasteiger partial charge in [-0.3, -0.25) is 9.59 Å². The highest BCUT2D eigenvalue weighted by atomic mass is 32.2. The van der Waals surface area contributed by atoms with E-state index in [1.54, 1.807) is 30.3 Å². The lowest BCUT2D eigenvalue weighted by Crippen LogP contribution is -2.38. The number of likely N-dealkylation sites (tertiary alicyclic amines) is 1. The second kappa shape index (κ2) is 14.4. The van der Waals surface area contributed by atoms with Crippen molar-refractivity contribution in [1.82, 2.24) is 15.5 Å². The molecule has 3 aromatic carbocycles. The van der Waals surface area contributed by atoms with Gasteiger partial charge < -0.3 is 15.5 Å². The van der Waals surface area contributed by atoms with Gasteiger partial charge in [-0.1, -0.05) is 42.5 Å². The van der Waals surface area contributed by atoms with Crippen LogP contribution in [-0.4, -0.2) is 57.6 Å². The number of piperidine rings is 1. The molecule has 0 spiro atoms. The molecule has 1 saturated heterocycles. The van der Waals surface area contributed by atoms with Gasteiger partial charge in [-0.2, -0.15) is 0 Å². The summed E-state index contributed by atoms with van der Waals surface area (Å²) < 4.78 is 37.2. The number of carbonyl (C=O) groups is 2. The van der Waals surface area contributed by atoms with Gasteiger partial charge in [0.2, 0.25) is 5.91 Å². The van der Waals surface area contributed by atoms with E-state index in [0.29, 0.717) is 24.4 Å². The molecule has 2 N–H and O–H groups in total. The van der Waals surface area contributed by atoms with E-state index in [0.717, 1.165) is 56.3 Å². The van der Waals surface area contributed by atoms with Gasteiger partial charge in [-0.15, -0.1) is 0 Å². The van der Waals surface area contributed by atoms with Crippen molar-refractivity contribution in [3.8, 4) is 0 Å². The van der Waals surface area contributed by atoms with Crippen LogP contribution in [0.3, 0.4) is 0 Å². The van der Waals surface area contributed by atoms with Crippen LogP contribution >= 0.6 is 0 Å². The lowest BCUT2D eigenvalue weighted by atomic mass is 9.93. The molecule has 1 heterocycles. The van der Waals surface area contributed by atoms with Gasteiger partial charge in [-0.25, -0.2) is 12.8 Å². The van der Waals surface area contributed by atoms with Crippen molar-refractivity contribution in [2.45, 2.75) is 43.0 Å². The Morgan fingerprint density at radius 1 is 0.976 bits per heavy atom. The molecule has 1 unspecified atom stereocenters. The number of sulfone groups is 1. The molecule has 0 radical (unpaired) electrons. The predicted molar refractivity (Wildman–Crippen MR) is 158 cm³/mol. The Hall–Kier alpha value is -3.56. The minimum absolute atomic E-state index is 0.0736. The monoisotopic (exact) mass is 579 g/mol. The molecule has 3 aromatic rings. The van der Waals surface area contributed by atoms with Crippen molar-refractivity contribution in [2.24, 2.45) is 5.92 Å². The lowest BCUT2D eigenvalue weighted by molar-refractivity contribution is -0.120. The van der Waals surface area contributed by atoms with Crippen molar-refractivity contribution in [2.75, 3.05) is 32.4 Å². The first kappa shape index (κ1) is 30.4. The van der Waals surface area contributed by atoms with Crippen LogP contribution in [0.5, 0.6) is 0 Å². The normalized spacial score (nSPS) is 15.3. The van der Waals surface area contributed by atoms with Crippen LogP contribution in [0.1, 0.15) is 53.2 Å². The molecule has 218 valence electrons. The smallest absolute Gasteiger partial charge is 0.251 e. The standard InChI is InChI=1S/C32H38FN3O4S/c1-41(39,40)29-12-10-25(11-13-29)22-31(37)34-18-14-24-15-19-36(20-16-24)21-17-30(27-8-5-9-28(33)23-27)35-32(38)26-6-3-2-4-7-26/h2-13,23-24,30H,14-22H2,1H3,(H,34,37)(H,35,38). The fourth-order valence-electron chi connectivity index (χ4n) is 5.21. The Bertz CT molecular complexity index is 1410. The Balaban J connectivity index is 1.19. The number of nitrogens with zero attached hydrogens (tertiary/aromatic N) is 1. The Kier molecular flexibility index (Phi) is 10.7.